The molecule has 2 heterocycles. The number of aromatic nitrogens is 1. The van der Waals surface area contributed by atoms with Gasteiger partial charge in [-0.1, -0.05) is 0 Å². The molecule has 1 saturated heterocycles. The maximum absolute atomic E-state index is 13.4. The van der Waals surface area contributed by atoms with Crippen LogP contribution >= 0.6 is 0 Å². The Kier molecular flexibility index (Phi) is 4.24. The van der Waals surface area contributed by atoms with E-state index in [0.717, 1.165) is 25.9 Å². The quantitative estimate of drug-likeness (QED) is 0.679. The number of likely N-dealkylation sites (tertiary alicyclic amines) is 1. The van der Waals surface area contributed by atoms with Gasteiger partial charge in [-0.15, -0.1) is 0 Å². The second-order valence-electron chi connectivity index (χ2n) is 4.85. The molecule has 7 heteroatoms. The zero-order valence-corrected chi connectivity index (χ0v) is 10.5. The molecule has 0 bridgehead atoms. The van der Waals surface area contributed by atoms with Crippen molar-refractivity contribution in [2.45, 2.75) is 12.8 Å². The molecule has 0 amide bonds. The van der Waals surface area contributed by atoms with E-state index in [0.29, 0.717) is 0 Å². The van der Waals surface area contributed by atoms with Gasteiger partial charge >= 0.3 is 0 Å². The van der Waals surface area contributed by atoms with Crippen LogP contribution in [0.5, 0.6) is 0 Å². The minimum Gasteiger partial charge on any atom is -0.380 e. The Balaban J connectivity index is 2.07. The van der Waals surface area contributed by atoms with E-state index in [-0.39, 0.29) is 12.5 Å². The summed E-state index contributed by atoms with van der Waals surface area (Å²) in [5, 5.41) is 2.46. The molecule has 1 aromatic heterocycles. The number of halogens is 4. The molecule has 1 aromatic rings. The Morgan fingerprint density at radius 2 is 1.84 bits per heavy atom. The Hall–Kier alpha value is -1.37. The number of nitrogens with one attached hydrogen (secondary N) is 1. The van der Waals surface area contributed by atoms with E-state index < -0.39 is 29.2 Å². The van der Waals surface area contributed by atoms with Gasteiger partial charge in [0.2, 0.25) is 11.6 Å². The number of pyridine rings is 1. The van der Waals surface area contributed by atoms with Crippen LogP contribution in [0.25, 0.3) is 0 Å². The summed E-state index contributed by atoms with van der Waals surface area (Å²) in [4.78, 5) is 4.62. The second kappa shape index (κ2) is 5.73. The minimum atomic E-state index is -1.64. The van der Waals surface area contributed by atoms with Gasteiger partial charge in [0.25, 0.3) is 11.9 Å². The molecule has 0 radical (unpaired) electrons. The molecular formula is C12H15F4N3. The number of nitrogens with zero attached hydrogens (tertiary/aromatic N) is 2. The van der Waals surface area contributed by atoms with Gasteiger partial charge in [-0.05, 0) is 32.4 Å². The highest BCUT2D eigenvalue weighted by atomic mass is 19.2. The van der Waals surface area contributed by atoms with E-state index in [1.54, 1.807) is 0 Å². The van der Waals surface area contributed by atoms with Crippen LogP contribution in [0, 0.1) is 29.4 Å². The summed E-state index contributed by atoms with van der Waals surface area (Å²) in [6.07, 6.45) is 1.91. The fourth-order valence-electron chi connectivity index (χ4n) is 2.33. The lowest BCUT2D eigenvalue weighted by atomic mass is 9.98. The molecule has 1 atom stereocenters. The van der Waals surface area contributed by atoms with Crippen LogP contribution in [0.4, 0.5) is 23.2 Å². The first kappa shape index (κ1) is 14.0. The minimum absolute atomic E-state index is 0.192. The molecule has 0 aliphatic carbocycles. The van der Waals surface area contributed by atoms with Gasteiger partial charge in [-0.3, -0.25) is 0 Å². The van der Waals surface area contributed by atoms with Crippen LogP contribution in [-0.2, 0) is 0 Å². The summed E-state index contributed by atoms with van der Waals surface area (Å²) in [6, 6.07) is 0. The molecule has 1 fully saturated rings. The van der Waals surface area contributed by atoms with Crippen molar-refractivity contribution >= 4 is 5.69 Å². The smallest absolute Gasteiger partial charge is 0.253 e. The highest BCUT2D eigenvalue weighted by Crippen LogP contribution is 2.23. The fourth-order valence-corrected chi connectivity index (χ4v) is 2.33. The van der Waals surface area contributed by atoms with Crippen LogP contribution in [0.3, 0.4) is 0 Å². The molecule has 3 nitrogen and oxygen atoms in total. The Morgan fingerprint density at radius 1 is 1.21 bits per heavy atom. The Morgan fingerprint density at radius 3 is 2.42 bits per heavy atom. The number of hydrogen-bond donors (Lipinski definition) is 1. The molecular weight excluding hydrogens is 262 g/mol. The lowest BCUT2D eigenvalue weighted by Gasteiger charge is -2.30. The zero-order valence-electron chi connectivity index (χ0n) is 10.5. The van der Waals surface area contributed by atoms with Gasteiger partial charge in [0.15, 0.2) is 0 Å². The number of anilines is 1. The number of hydrogen-bond acceptors (Lipinski definition) is 3. The first-order chi connectivity index (χ1) is 8.99. The predicted molar refractivity (Wildman–Crippen MR) is 62.8 cm³/mol. The van der Waals surface area contributed by atoms with Crippen LogP contribution in [0.1, 0.15) is 12.8 Å². The van der Waals surface area contributed by atoms with Crippen molar-refractivity contribution in [3.63, 3.8) is 0 Å². The second-order valence-corrected chi connectivity index (χ2v) is 4.85. The maximum Gasteiger partial charge on any atom is 0.253 e. The monoisotopic (exact) mass is 277 g/mol. The lowest BCUT2D eigenvalue weighted by Crippen LogP contribution is -2.35. The number of piperidine rings is 1. The third-order valence-corrected chi connectivity index (χ3v) is 3.29. The average molecular weight is 277 g/mol. The molecule has 0 spiro atoms. The van der Waals surface area contributed by atoms with Crippen molar-refractivity contribution < 1.29 is 17.6 Å². The molecule has 2 rings (SSSR count). The van der Waals surface area contributed by atoms with Crippen molar-refractivity contribution in [1.82, 2.24) is 9.88 Å². The van der Waals surface area contributed by atoms with E-state index in [1.807, 2.05) is 7.05 Å². The van der Waals surface area contributed by atoms with Crippen molar-refractivity contribution in [2.24, 2.45) is 5.92 Å². The van der Waals surface area contributed by atoms with Crippen LogP contribution in [0.2, 0.25) is 0 Å². The van der Waals surface area contributed by atoms with Crippen LogP contribution in [-0.4, -0.2) is 36.6 Å². The summed E-state index contributed by atoms with van der Waals surface area (Å²) in [7, 11) is 1.96. The van der Waals surface area contributed by atoms with E-state index in [1.165, 1.54) is 0 Å². The summed E-state index contributed by atoms with van der Waals surface area (Å²) in [5.74, 6) is -6.05. The van der Waals surface area contributed by atoms with Gasteiger partial charge in [0, 0.05) is 13.1 Å². The Labute approximate surface area is 108 Å². The van der Waals surface area contributed by atoms with Crippen molar-refractivity contribution in [3.8, 4) is 0 Å². The zero-order chi connectivity index (χ0) is 14.0. The molecule has 0 aromatic carbocycles. The molecule has 1 N–H and O–H groups in total. The van der Waals surface area contributed by atoms with Gasteiger partial charge in [0.05, 0.1) is 0 Å². The van der Waals surface area contributed by atoms with E-state index in [9.17, 15) is 17.6 Å². The molecule has 1 aliphatic rings. The first-order valence-electron chi connectivity index (χ1n) is 6.11. The fraction of sp³-hybridized carbons (Fsp3) is 0.583. The van der Waals surface area contributed by atoms with Crippen LogP contribution < -0.4 is 5.32 Å². The SMILES string of the molecule is CN1CCCC(CNc2c(F)c(F)nc(F)c2F)C1. The predicted octanol–water partition coefficient (Wildman–Crippen LogP) is 2.39. The highest BCUT2D eigenvalue weighted by Gasteiger charge is 2.22. The van der Waals surface area contributed by atoms with E-state index in [2.05, 4.69) is 15.2 Å². The van der Waals surface area contributed by atoms with E-state index >= 15 is 0 Å². The summed E-state index contributed by atoms with van der Waals surface area (Å²) < 4.78 is 52.5. The van der Waals surface area contributed by atoms with Gasteiger partial charge in [-0.2, -0.15) is 22.5 Å². The van der Waals surface area contributed by atoms with Gasteiger partial charge in [0.1, 0.15) is 5.69 Å². The topological polar surface area (TPSA) is 28.2 Å². The Bertz CT molecular complexity index is 441. The van der Waals surface area contributed by atoms with Crippen LogP contribution in [0.15, 0.2) is 0 Å². The first-order valence-corrected chi connectivity index (χ1v) is 6.11. The summed E-state index contributed by atoms with van der Waals surface area (Å²) in [5.41, 5.74) is -0.779. The lowest BCUT2D eigenvalue weighted by molar-refractivity contribution is 0.217. The van der Waals surface area contributed by atoms with E-state index in [4.69, 9.17) is 0 Å². The highest BCUT2D eigenvalue weighted by molar-refractivity contribution is 5.45. The van der Waals surface area contributed by atoms with Crippen molar-refractivity contribution in [3.05, 3.63) is 23.5 Å². The molecule has 0 saturated carbocycles. The molecule has 1 aliphatic heterocycles. The maximum atomic E-state index is 13.4. The summed E-state index contributed by atoms with van der Waals surface area (Å²) >= 11 is 0. The molecule has 1 unspecified atom stereocenters. The number of rotatable bonds is 3. The molecule has 19 heavy (non-hydrogen) atoms. The third-order valence-electron chi connectivity index (χ3n) is 3.29. The summed E-state index contributed by atoms with van der Waals surface area (Å²) in [6.45, 7) is 2.03. The standard InChI is InChI=1S/C12H15F4N3/c1-19-4-2-3-7(6-19)5-17-10-8(13)11(15)18-12(16)9(10)14/h7H,2-6H2,1H3,(H,17,18). The van der Waals surface area contributed by atoms with Gasteiger partial charge < -0.3 is 10.2 Å². The third kappa shape index (κ3) is 3.15. The average Bonchev–Trinajstić information content (AvgIpc) is 2.36. The largest absolute Gasteiger partial charge is 0.380 e. The van der Waals surface area contributed by atoms with Gasteiger partial charge in [-0.25, -0.2) is 0 Å². The van der Waals surface area contributed by atoms with Crippen molar-refractivity contribution in [2.75, 3.05) is 32.0 Å². The van der Waals surface area contributed by atoms with Crippen molar-refractivity contribution in [1.29, 1.82) is 0 Å². The molecule has 106 valence electrons. The normalized spacial score (nSPS) is 20.6.